The van der Waals surface area contributed by atoms with Crippen LogP contribution in [0.4, 0.5) is 0 Å². The van der Waals surface area contributed by atoms with Crippen molar-refractivity contribution >= 4 is 5.91 Å². The van der Waals surface area contributed by atoms with E-state index in [1.807, 2.05) is 16.8 Å². The number of nitrogens with zero attached hydrogens (tertiary/aromatic N) is 3. The zero-order valence-electron chi connectivity index (χ0n) is 16.0. The third-order valence-electron chi connectivity index (χ3n) is 4.88. The molecule has 2 aromatic rings. The van der Waals surface area contributed by atoms with E-state index in [9.17, 15) is 4.79 Å². The number of hydrogen-bond acceptors (Lipinski definition) is 4. The molecule has 2 heterocycles. The van der Waals surface area contributed by atoms with Crippen LogP contribution < -0.4 is 10.6 Å². The Hall–Kier alpha value is -2.21. The molecule has 0 bridgehead atoms. The highest BCUT2D eigenvalue weighted by Crippen LogP contribution is 2.20. The number of carbonyl (C=O) groups is 1. The van der Waals surface area contributed by atoms with Crippen LogP contribution in [0.3, 0.4) is 0 Å². The number of hydrogen-bond donors (Lipinski definition) is 2. The lowest BCUT2D eigenvalue weighted by molar-refractivity contribution is 0.0924. The molecular formula is C20H29N5O. The largest absolute Gasteiger partial charge is 0.347 e. The summed E-state index contributed by atoms with van der Waals surface area (Å²) >= 11 is 0. The molecule has 1 saturated heterocycles. The first-order valence-corrected chi connectivity index (χ1v) is 9.66. The summed E-state index contributed by atoms with van der Waals surface area (Å²) in [6.45, 7) is 8.29. The molecule has 0 spiro atoms. The molecule has 140 valence electrons. The van der Waals surface area contributed by atoms with Gasteiger partial charge in [-0.3, -0.25) is 4.79 Å². The number of piperidine rings is 1. The van der Waals surface area contributed by atoms with Crippen LogP contribution in [0, 0.1) is 0 Å². The molecule has 1 aromatic carbocycles. The van der Waals surface area contributed by atoms with Gasteiger partial charge in [0.25, 0.3) is 5.91 Å². The molecule has 0 saturated carbocycles. The van der Waals surface area contributed by atoms with Crippen LogP contribution in [-0.4, -0.2) is 40.0 Å². The SMILES string of the molecule is CCCc1c(C(=O)N[C@H]2CCCNC2)nnn1-c1cccc(C(C)C)c1. The summed E-state index contributed by atoms with van der Waals surface area (Å²) < 4.78 is 1.82. The van der Waals surface area contributed by atoms with Gasteiger partial charge in [0.2, 0.25) is 0 Å². The summed E-state index contributed by atoms with van der Waals surface area (Å²) in [6, 6.07) is 8.47. The summed E-state index contributed by atoms with van der Waals surface area (Å²) in [4.78, 5) is 12.8. The van der Waals surface area contributed by atoms with E-state index >= 15 is 0 Å². The molecule has 6 nitrogen and oxygen atoms in total. The average molecular weight is 355 g/mol. The Morgan fingerprint density at radius 2 is 2.27 bits per heavy atom. The van der Waals surface area contributed by atoms with Crippen LogP contribution in [0.2, 0.25) is 0 Å². The quantitative estimate of drug-likeness (QED) is 0.836. The minimum atomic E-state index is -0.117. The van der Waals surface area contributed by atoms with E-state index in [4.69, 9.17) is 0 Å². The molecular weight excluding hydrogens is 326 g/mol. The predicted molar refractivity (Wildman–Crippen MR) is 103 cm³/mol. The average Bonchev–Trinajstić information content (AvgIpc) is 3.07. The molecule has 2 N–H and O–H groups in total. The van der Waals surface area contributed by atoms with Gasteiger partial charge in [0.15, 0.2) is 5.69 Å². The highest BCUT2D eigenvalue weighted by Gasteiger charge is 2.23. The first kappa shape index (κ1) is 18.6. The minimum Gasteiger partial charge on any atom is -0.347 e. The number of aromatic nitrogens is 3. The Morgan fingerprint density at radius 1 is 1.42 bits per heavy atom. The number of amides is 1. The Kier molecular flexibility index (Phi) is 6.04. The maximum atomic E-state index is 12.8. The fourth-order valence-corrected chi connectivity index (χ4v) is 3.39. The van der Waals surface area contributed by atoms with E-state index in [0.29, 0.717) is 11.6 Å². The number of carbonyl (C=O) groups excluding carboxylic acids is 1. The fraction of sp³-hybridized carbons (Fsp3) is 0.550. The maximum absolute atomic E-state index is 12.8. The zero-order chi connectivity index (χ0) is 18.5. The molecule has 1 atom stereocenters. The van der Waals surface area contributed by atoms with Crippen LogP contribution >= 0.6 is 0 Å². The summed E-state index contributed by atoms with van der Waals surface area (Å²) in [6.07, 6.45) is 3.79. The molecule has 0 aliphatic carbocycles. The second-order valence-corrected chi connectivity index (χ2v) is 7.31. The van der Waals surface area contributed by atoms with Crippen molar-refractivity contribution in [1.29, 1.82) is 0 Å². The molecule has 1 aliphatic rings. The Labute approximate surface area is 155 Å². The third kappa shape index (κ3) is 4.12. The first-order valence-electron chi connectivity index (χ1n) is 9.66. The van der Waals surface area contributed by atoms with Gasteiger partial charge in [-0.1, -0.05) is 44.5 Å². The number of rotatable bonds is 6. The molecule has 1 amide bonds. The molecule has 26 heavy (non-hydrogen) atoms. The third-order valence-corrected chi connectivity index (χ3v) is 4.88. The van der Waals surface area contributed by atoms with E-state index in [1.54, 1.807) is 0 Å². The van der Waals surface area contributed by atoms with Gasteiger partial charge in [0, 0.05) is 12.6 Å². The van der Waals surface area contributed by atoms with E-state index in [1.165, 1.54) is 5.56 Å². The highest BCUT2D eigenvalue weighted by molar-refractivity contribution is 5.93. The molecule has 3 rings (SSSR count). The summed E-state index contributed by atoms with van der Waals surface area (Å²) in [5.41, 5.74) is 3.55. The van der Waals surface area contributed by atoms with Gasteiger partial charge in [-0.25, -0.2) is 4.68 Å². The second-order valence-electron chi connectivity index (χ2n) is 7.31. The van der Waals surface area contributed by atoms with Crippen molar-refractivity contribution in [3.8, 4) is 5.69 Å². The van der Waals surface area contributed by atoms with E-state index < -0.39 is 0 Å². The van der Waals surface area contributed by atoms with E-state index in [-0.39, 0.29) is 11.9 Å². The van der Waals surface area contributed by atoms with E-state index in [0.717, 1.165) is 50.2 Å². The van der Waals surface area contributed by atoms with Crippen molar-refractivity contribution in [2.45, 2.75) is 58.4 Å². The van der Waals surface area contributed by atoms with Crippen molar-refractivity contribution in [2.75, 3.05) is 13.1 Å². The fourth-order valence-electron chi connectivity index (χ4n) is 3.39. The monoisotopic (exact) mass is 355 g/mol. The van der Waals surface area contributed by atoms with Gasteiger partial charge in [-0.05, 0) is 49.4 Å². The Morgan fingerprint density at radius 3 is 2.96 bits per heavy atom. The van der Waals surface area contributed by atoms with Crippen molar-refractivity contribution in [2.24, 2.45) is 0 Å². The van der Waals surface area contributed by atoms with Crippen molar-refractivity contribution in [1.82, 2.24) is 25.6 Å². The maximum Gasteiger partial charge on any atom is 0.274 e. The van der Waals surface area contributed by atoms with Crippen LogP contribution in [0.15, 0.2) is 24.3 Å². The van der Waals surface area contributed by atoms with Gasteiger partial charge in [0.05, 0.1) is 11.4 Å². The first-order chi connectivity index (χ1) is 12.6. The molecule has 1 aliphatic heterocycles. The Bertz CT molecular complexity index is 746. The molecule has 1 fully saturated rings. The minimum absolute atomic E-state index is 0.117. The van der Waals surface area contributed by atoms with Gasteiger partial charge in [0.1, 0.15) is 0 Å². The van der Waals surface area contributed by atoms with Crippen molar-refractivity contribution in [3.63, 3.8) is 0 Å². The summed E-state index contributed by atoms with van der Waals surface area (Å²) in [7, 11) is 0. The van der Waals surface area contributed by atoms with Gasteiger partial charge < -0.3 is 10.6 Å². The lowest BCUT2D eigenvalue weighted by Gasteiger charge is -2.23. The van der Waals surface area contributed by atoms with Crippen molar-refractivity contribution < 1.29 is 4.79 Å². The Balaban J connectivity index is 1.88. The zero-order valence-corrected chi connectivity index (χ0v) is 16.0. The number of benzene rings is 1. The van der Waals surface area contributed by atoms with Crippen LogP contribution in [-0.2, 0) is 6.42 Å². The molecule has 6 heteroatoms. The van der Waals surface area contributed by atoms with Gasteiger partial charge in [-0.15, -0.1) is 5.10 Å². The second kappa shape index (κ2) is 8.45. The standard InChI is InChI=1S/C20H29N5O/c1-4-7-18-19(20(26)22-16-9-6-11-21-13-16)23-24-25(18)17-10-5-8-15(12-17)14(2)3/h5,8,10,12,14,16,21H,4,6-7,9,11,13H2,1-3H3,(H,22,26)/t16-/m0/s1. The smallest absolute Gasteiger partial charge is 0.274 e. The lowest BCUT2D eigenvalue weighted by atomic mass is 10.0. The van der Waals surface area contributed by atoms with Crippen molar-refractivity contribution in [3.05, 3.63) is 41.2 Å². The highest BCUT2D eigenvalue weighted by atomic mass is 16.2. The topological polar surface area (TPSA) is 71.8 Å². The van der Waals surface area contributed by atoms with Gasteiger partial charge >= 0.3 is 0 Å². The normalized spacial score (nSPS) is 17.5. The molecule has 1 aromatic heterocycles. The van der Waals surface area contributed by atoms with Gasteiger partial charge in [-0.2, -0.15) is 0 Å². The van der Waals surface area contributed by atoms with E-state index in [2.05, 4.69) is 53.8 Å². The van der Waals surface area contributed by atoms with Crippen LogP contribution in [0.1, 0.15) is 67.7 Å². The summed E-state index contributed by atoms with van der Waals surface area (Å²) in [5, 5.41) is 15.0. The lowest BCUT2D eigenvalue weighted by Crippen LogP contribution is -2.45. The molecule has 0 radical (unpaired) electrons. The van der Waals surface area contributed by atoms with Crippen LogP contribution in [0.25, 0.3) is 5.69 Å². The summed E-state index contributed by atoms with van der Waals surface area (Å²) in [5.74, 6) is 0.322. The predicted octanol–water partition coefficient (Wildman–Crippen LogP) is 2.83. The van der Waals surface area contributed by atoms with Crippen LogP contribution in [0.5, 0.6) is 0 Å². The molecule has 0 unspecified atom stereocenters. The number of nitrogens with one attached hydrogen (secondary N) is 2.